The number of hydrogen-bond acceptors (Lipinski definition) is 4. The van der Waals surface area contributed by atoms with Gasteiger partial charge in [0.2, 0.25) is 5.91 Å². The van der Waals surface area contributed by atoms with Crippen LogP contribution in [0, 0.1) is 23.2 Å². The molecule has 2 heterocycles. The molecule has 1 aliphatic carbocycles. The molecule has 1 saturated carbocycles. The summed E-state index contributed by atoms with van der Waals surface area (Å²) in [5, 5.41) is 11.7. The van der Waals surface area contributed by atoms with Crippen molar-refractivity contribution in [3.8, 4) is 6.07 Å². The molecule has 0 bridgehead atoms. The average molecular weight is 317 g/mol. The number of urea groups is 1. The Labute approximate surface area is 136 Å². The number of nitrogens with one attached hydrogen (secondary N) is 1. The first kappa shape index (κ1) is 15.8. The van der Waals surface area contributed by atoms with Crippen LogP contribution in [-0.2, 0) is 4.79 Å². The molecular formula is C16H23N5O2. The lowest BCUT2D eigenvalue weighted by Gasteiger charge is -2.18. The molecule has 0 radical (unpaired) electrons. The Balaban J connectivity index is 1.51. The number of rotatable bonds is 2. The van der Waals surface area contributed by atoms with Crippen molar-refractivity contribution in [2.75, 3.05) is 33.2 Å². The van der Waals surface area contributed by atoms with Crippen molar-refractivity contribution in [2.24, 2.45) is 16.8 Å². The largest absolute Gasteiger partial charge is 0.341 e. The molecule has 0 aromatic rings. The summed E-state index contributed by atoms with van der Waals surface area (Å²) in [7, 11) is 1.65. The van der Waals surface area contributed by atoms with Crippen LogP contribution < -0.4 is 5.32 Å². The van der Waals surface area contributed by atoms with Gasteiger partial charge in [-0.3, -0.25) is 9.79 Å². The third kappa shape index (κ3) is 3.16. The molecule has 0 spiro atoms. The fourth-order valence-electron chi connectivity index (χ4n) is 4.01. The van der Waals surface area contributed by atoms with Crippen molar-refractivity contribution in [1.29, 1.82) is 5.26 Å². The van der Waals surface area contributed by atoms with Gasteiger partial charge in [0.15, 0.2) is 0 Å². The van der Waals surface area contributed by atoms with Gasteiger partial charge in [0.25, 0.3) is 0 Å². The van der Waals surface area contributed by atoms with E-state index in [1.54, 1.807) is 11.9 Å². The highest BCUT2D eigenvalue weighted by Crippen LogP contribution is 2.36. The van der Waals surface area contributed by atoms with Crippen LogP contribution >= 0.6 is 0 Å². The van der Waals surface area contributed by atoms with Crippen LogP contribution in [0.4, 0.5) is 4.79 Å². The van der Waals surface area contributed by atoms with Gasteiger partial charge >= 0.3 is 6.03 Å². The fraction of sp³-hybridized carbons (Fsp3) is 0.750. The third-order valence-corrected chi connectivity index (χ3v) is 5.23. The van der Waals surface area contributed by atoms with Crippen LogP contribution in [0.3, 0.4) is 0 Å². The Morgan fingerprint density at radius 2 is 2.04 bits per heavy atom. The lowest BCUT2D eigenvalue weighted by molar-refractivity contribution is -0.129. The van der Waals surface area contributed by atoms with Crippen LogP contribution in [0.1, 0.15) is 25.7 Å². The van der Waals surface area contributed by atoms with Crippen molar-refractivity contribution in [1.82, 2.24) is 15.1 Å². The molecule has 3 aliphatic rings. The van der Waals surface area contributed by atoms with Crippen molar-refractivity contribution in [3.05, 3.63) is 0 Å². The summed E-state index contributed by atoms with van der Waals surface area (Å²) in [6.07, 6.45) is 3.44. The number of fused-ring (bicyclic) bond motifs is 1. The molecule has 23 heavy (non-hydrogen) atoms. The fourth-order valence-corrected chi connectivity index (χ4v) is 4.01. The van der Waals surface area contributed by atoms with Crippen LogP contribution in [0.5, 0.6) is 0 Å². The summed E-state index contributed by atoms with van der Waals surface area (Å²) >= 11 is 0. The van der Waals surface area contributed by atoms with Gasteiger partial charge in [-0.2, -0.15) is 5.26 Å². The van der Waals surface area contributed by atoms with Crippen molar-refractivity contribution < 1.29 is 9.59 Å². The van der Waals surface area contributed by atoms with Crippen LogP contribution in [0.15, 0.2) is 4.99 Å². The molecule has 1 N–H and O–H groups in total. The topological polar surface area (TPSA) is 88.8 Å². The minimum Gasteiger partial charge on any atom is -0.341 e. The second-order valence-electron chi connectivity index (χ2n) is 6.65. The van der Waals surface area contributed by atoms with E-state index in [0.29, 0.717) is 18.4 Å². The maximum Gasteiger partial charge on any atom is 0.317 e. The normalized spacial score (nSPS) is 31.3. The highest BCUT2D eigenvalue weighted by Gasteiger charge is 2.40. The van der Waals surface area contributed by atoms with Gasteiger partial charge in [-0.15, -0.1) is 0 Å². The van der Waals surface area contributed by atoms with Gasteiger partial charge in [0.1, 0.15) is 12.6 Å². The quantitative estimate of drug-likeness (QED) is 0.810. The molecule has 0 aromatic carbocycles. The second-order valence-corrected chi connectivity index (χ2v) is 6.65. The van der Waals surface area contributed by atoms with Gasteiger partial charge < -0.3 is 15.1 Å². The maximum absolute atomic E-state index is 12.2. The van der Waals surface area contributed by atoms with Crippen molar-refractivity contribution >= 4 is 17.6 Å². The number of nitriles is 1. The number of hydrogen-bond donors (Lipinski definition) is 1. The molecule has 7 nitrogen and oxygen atoms in total. The summed E-state index contributed by atoms with van der Waals surface area (Å²) in [5.41, 5.74) is 1.10. The molecule has 3 atom stereocenters. The van der Waals surface area contributed by atoms with Crippen LogP contribution in [0.25, 0.3) is 0 Å². The molecule has 1 unspecified atom stereocenters. The van der Waals surface area contributed by atoms with Crippen molar-refractivity contribution in [3.63, 3.8) is 0 Å². The highest BCUT2D eigenvalue weighted by atomic mass is 16.2. The minimum atomic E-state index is -0.272. The van der Waals surface area contributed by atoms with E-state index in [2.05, 4.69) is 16.4 Å². The summed E-state index contributed by atoms with van der Waals surface area (Å²) in [5.74, 6) is 0.908. The summed E-state index contributed by atoms with van der Waals surface area (Å²) < 4.78 is 0. The number of nitrogens with zero attached hydrogens (tertiary/aromatic N) is 4. The van der Waals surface area contributed by atoms with Crippen LogP contribution in [-0.4, -0.2) is 66.7 Å². The number of carbonyl (C=O) groups is 2. The van der Waals surface area contributed by atoms with Gasteiger partial charge in [0, 0.05) is 32.4 Å². The molecule has 3 amide bonds. The standard InChI is InChI=1S/C16H23N5O2/c1-18-16(23)20-9-11-5-13(6-12(11)10-20)19-8-15(22)21-4-2-3-14(21)7-17/h11-12,14H,2-6,8-10H2,1H3,(H,18,23)/t11-,12+,14?. The monoisotopic (exact) mass is 317 g/mol. The summed E-state index contributed by atoms with van der Waals surface area (Å²) in [4.78, 5) is 31.9. The van der Waals surface area contributed by atoms with E-state index in [9.17, 15) is 9.59 Å². The van der Waals surface area contributed by atoms with Gasteiger partial charge in [-0.25, -0.2) is 4.79 Å². The van der Waals surface area contributed by atoms with E-state index in [-0.39, 0.29) is 24.5 Å². The maximum atomic E-state index is 12.2. The Morgan fingerprint density at radius 1 is 1.35 bits per heavy atom. The molecule has 0 aromatic heterocycles. The van der Waals surface area contributed by atoms with Crippen LogP contribution in [0.2, 0.25) is 0 Å². The van der Waals surface area contributed by atoms with Gasteiger partial charge in [0.05, 0.1) is 6.07 Å². The summed E-state index contributed by atoms with van der Waals surface area (Å²) in [6, 6.07) is 1.91. The van der Waals surface area contributed by atoms with Crippen molar-refractivity contribution in [2.45, 2.75) is 31.7 Å². The molecule has 3 fully saturated rings. The number of amides is 3. The summed E-state index contributed by atoms with van der Waals surface area (Å²) in [6.45, 7) is 2.39. The Bertz CT molecular complexity index is 551. The Kier molecular flexibility index (Phi) is 4.51. The first-order valence-electron chi connectivity index (χ1n) is 8.30. The molecular weight excluding hydrogens is 294 g/mol. The van der Waals surface area contributed by atoms with E-state index >= 15 is 0 Å². The van der Waals surface area contributed by atoms with E-state index in [4.69, 9.17) is 5.26 Å². The second kappa shape index (κ2) is 6.57. The Morgan fingerprint density at radius 3 is 2.65 bits per heavy atom. The third-order valence-electron chi connectivity index (χ3n) is 5.23. The van der Waals surface area contributed by atoms with E-state index < -0.39 is 0 Å². The van der Waals surface area contributed by atoms with Gasteiger partial charge in [-0.1, -0.05) is 0 Å². The Hall–Kier alpha value is -2.10. The number of carbonyl (C=O) groups excluding carboxylic acids is 2. The van der Waals surface area contributed by atoms with E-state index in [1.807, 2.05) is 4.90 Å². The zero-order valence-electron chi connectivity index (χ0n) is 13.5. The van der Waals surface area contributed by atoms with E-state index in [0.717, 1.165) is 44.5 Å². The smallest absolute Gasteiger partial charge is 0.317 e. The lowest BCUT2D eigenvalue weighted by Crippen LogP contribution is -2.37. The first-order valence-corrected chi connectivity index (χ1v) is 8.30. The molecule has 3 rings (SSSR count). The van der Waals surface area contributed by atoms with Gasteiger partial charge in [-0.05, 0) is 37.5 Å². The molecule has 2 saturated heterocycles. The SMILES string of the molecule is CNC(=O)N1C[C@H]2CC(=NCC(=O)N3CCCC3C#N)C[C@H]2C1. The van der Waals surface area contributed by atoms with E-state index in [1.165, 1.54) is 0 Å². The zero-order chi connectivity index (χ0) is 16.4. The highest BCUT2D eigenvalue weighted by molar-refractivity contribution is 5.90. The minimum absolute atomic E-state index is 0.00959. The average Bonchev–Trinajstić information content (AvgIpc) is 3.24. The number of aliphatic imine (C=N–C) groups is 1. The predicted octanol–water partition coefficient (Wildman–Crippen LogP) is 0.623. The number of likely N-dealkylation sites (tertiary alicyclic amines) is 2. The first-order chi connectivity index (χ1) is 11.1. The molecule has 7 heteroatoms. The zero-order valence-corrected chi connectivity index (χ0v) is 13.5. The predicted molar refractivity (Wildman–Crippen MR) is 84.9 cm³/mol. The lowest BCUT2D eigenvalue weighted by atomic mass is 10.0. The molecule has 124 valence electrons. The molecule has 2 aliphatic heterocycles.